The second-order valence-corrected chi connectivity index (χ2v) is 4.85. The van der Waals surface area contributed by atoms with E-state index in [1.807, 2.05) is 6.92 Å². The van der Waals surface area contributed by atoms with Crippen molar-refractivity contribution >= 4 is 11.6 Å². The maximum absolute atomic E-state index is 11.4. The van der Waals surface area contributed by atoms with Crippen molar-refractivity contribution in [3.8, 4) is 0 Å². The van der Waals surface area contributed by atoms with Gasteiger partial charge in [-0.05, 0) is 31.0 Å². The number of hydrogen-bond donors (Lipinski definition) is 2. The van der Waals surface area contributed by atoms with Gasteiger partial charge in [-0.3, -0.25) is 4.79 Å². The summed E-state index contributed by atoms with van der Waals surface area (Å²) in [6, 6.07) is 8.58. The molecule has 0 aliphatic carbocycles. The van der Waals surface area contributed by atoms with Gasteiger partial charge in [-0.1, -0.05) is 25.1 Å². The quantitative estimate of drug-likeness (QED) is 0.724. The normalized spacial score (nSPS) is 13.4. The second-order valence-electron chi connectivity index (χ2n) is 4.85. The SMILES string of the molecule is CCNCC(=O)NCCCN1CCc2ccccc21. The van der Waals surface area contributed by atoms with Crippen LogP contribution in [0.4, 0.5) is 5.69 Å². The Morgan fingerprint density at radius 2 is 2.21 bits per heavy atom. The molecule has 1 aliphatic rings. The lowest BCUT2D eigenvalue weighted by Gasteiger charge is -2.19. The minimum atomic E-state index is 0.0867. The highest BCUT2D eigenvalue weighted by molar-refractivity contribution is 5.77. The van der Waals surface area contributed by atoms with E-state index in [1.54, 1.807) is 0 Å². The molecule has 1 aliphatic heterocycles. The molecule has 0 radical (unpaired) electrons. The number of amides is 1. The summed E-state index contributed by atoms with van der Waals surface area (Å²) in [5.74, 6) is 0.0867. The van der Waals surface area contributed by atoms with Gasteiger partial charge < -0.3 is 15.5 Å². The van der Waals surface area contributed by atoms with Crippen molar-refractivity contribution in [1.29, 1.82) is 0 Å². The van der Waals surface area contributed by atoms with E-state index >= 15 is 0 Å². The summed E-state index contributed by atoms with van der Waals surface area (Å²) in [6.45, 7) is 6.12. The number of fused-ring (bicyclic) bond motifs is 1. The van der Waals surface area contributed by atoms with Gasteiger partial charge in [0.15, 0.2) is 0 Å². The van der Waals surface area contributed by atoms with Crippen LogP contribution in [0.1, 0.15) is 18.9 Å². The Labute approximate surface area is 115 Å². The van der Waals surface area contributed by atoms with Crippen LogP contribution in [-0.2, 0) is 11.2 Å². The molecule has 0 fully saturated rings. The molecule has 104 valence electrons. The Kier molecular flexibility index (Phi) is 5.21. The molecule has 2 rings (SSSR count). The Balaban J connectivity index is 1.66. The molecule has 0 bridgehead atoms. The first kappa shape index (κ1) is 13.9. The average Bonchev–Trinajstić information content (AvgIpc) is 2.85. The number of likely N-dealkylation sites (N-methyl/N-ethyl adjacent to an activating group) is 1. The third kappa shape index (κ3) is 3.96. The summed E-state index contributed by atoms with van der Waals surface area (Å²) in [4.78, 5) is 13.8. The maximum atomic E-state index is 11.4. The molecule has 0 unspecified atom stereocenters. The fourth-order valence-corrected chi connectivity index (χ4v) is 2.44. The van der Waals surface area contributed by atoms with E-state index in [-0.39, 0.29) is 5.91 Å². The van der Waals surface area contributed by atoms with Gasteiger partial charge in [-0.2, -0.15) is 0 Å². The fraction of sp³-hybridized carbons (Fsp3) is 0.533. The molecule has 1 amide bonds. The molecule has 4 heteroatoms. The van der Waals surface area contributed by atoms with E-state index in [1.165, 1.54) is 11.3 Å². The Morgan fingerprint density at radius 1 is 1.37 bits per heavy atom. The minimum Gasteiger partial charge on any atom is -0.371 e. The fourth-order valence-electron chi connectivity index (χ4n) is 2.44. The number of nitrogens with zero attached hydrogens (tertiary/aromatic N) is 1. The summed E-state index contributed by atoms with van der Waals surface area (Å²) < 4.78 is 0. The van der Waals surface area contributed by atoms with Crippen LogP contribution >= 0.6 is 0 Å². The van der Waals surface area contributed by atoms with Crippen molar-refractivity contribution in [2.45, 2.75) is 19.8 Å². The van der Waals surface area contributed by atoms with E-state index in [2.05, 4.69) is 39.8 Å². The zero-order valence-corrected chi connectivity index (χ0v) is 11.6. The number of carbonyl (C=O) groups excluding carboxylic acids is 1. The van der Waals surface area contributed by atoms with Gasteiger partial charge in [-0.15, -0.1) is 0 Å². The molecule has 0 saturated carbocycles. The molecule has 0 saturated heterocycles. The lowest BCUT2D eigenvalue weighted by molar-refractivity contribution is -0.120. The molecular formula is C15H23N3O. The van der Waals surface area contributed by atoms with Crippen LogP contribution in [0.2, 0.25) is 0 Å². The molecule has 2 N–H and O–H groups in total. The van der Waals surface area contributed by atoms with Gasteiger partial charge in [-0.25, -0.2) is 0 Å². The Bertz CT molecular complexity index is 420. The van der Waals surface area contributed by atoms with E-state index in [9.17, 15) is 4.79 Å². The minimum absolute atomic E-state index is 0.0867. The van der Waals surface area contributed by atoms with Crippen molar-refractivity contribution in [2.75, 3.05) is 37.6 Å². The van der Waals surface area contributed by atoms with Gasteiger partial charge in [0.1, 0.15) is 0 Å². The second kappa shape index (κ2) is 7.14. The van der Waals surface area contributed by atoms with Crippen LogP contribution in [0.25, 0.3) is 0 Å². The number of anilines is 1. The number of benzene rings is 1. The van der Waals surface area contributed by atoms with Gasteiger partial charge in [0, 0.05) is 25.3 Å². The Hall–Kier alpha value is -1.55. The highest BCUT2D eigenvalue weighted by Gasteiger charge is 2.17. The average molecular weight is 261 g/mol. The standard InChI is InChI=1S/C15H23N3O/c1-2-16-12-15(19)17-9-5-10-18-11-8-13-6-3-4-7-14(13)18/h3-4,6-7,16H,2,5,8-12H2,1H3,(H,17,19). The zero-order valence-electron chi connectivity index (χ0n) is 11.6. The third-order valence-electron chi connectivity index (χ3n) is 3.45. The van der Waals surface area contributed by atoms with Crippen LogP contribution in [0, 0.1) is 0 Å². The highest BCUT2D eigenvalue weighted by atomic mass is 16.1. The lowest BCUT2D eigenvalue weighted by atomic mass is 10.2. The number of nitrogens with one attached hydrogen (secondary N) is 2. The zero-order chi connectivity index (χ0) is 13.5. The summed E-state index contributed by atoms with van der Waals surface area (Å²) in [6.07, 6.45) is 2.13. The Morgan fingerprint density at radius 3 is 3.05 bits per heavy atom. The number of para-hydroxylation sites is 1. The molecule has 19 heavy (non-hydrogen) atoms. The first-order chi connectivity index (χ1) is 9.31. The van der Waals surface area contributed by atoms with Gasteiger partial charge in [0.2, 0.25) is 5.91 Å². The third-order valence-corrected chi connectivity index (χ3v) is 3.45. The molecule has 0 spiro atoms. The summed E-state index contributed by atoms with van der Waals surface area (Å²) >= 11 is 0. The topological polar surface area (TPSA) is 44.4 Å². The first-order valence-electron chi connectivity index (χ1n) is 7.11. The van der Waals surface area contributed by atoms with Gasteiger partial charge >= 0.3 is 0 Å². The van der Waals surface area contributed by atoms with E-state index in [0.29, 0.717) is 6.54 Å². The van der Waals surface area contributed by atoms with Crippen molar-refractivity contribution in [2.24, 2.45) is 0 Å². The van der Waals surface area contributed by atoms with Gasteiger partial charge in [0.05, 0.1) is 6.54 Å². The van der Waals surface area contributed by atoms with Crippen molar-refractivity contribution in [3.05, 3.63) is 29.8 Å². The molecule has 0 aromatic heterocycles. The van der Waals surface area contributed by atoms with Crippen LogP contribution in [-0.4, -0.2) is 38.6 Å². The molecule has 1 heterocycles. The first-order valence-corrected chi connectivity index (χ1v) is 7.11. The molecule has 1 aromatic rings. The molecule has 1 aromatic carbocycles. The summed E-state index contributed by atoms with van der Waals surface area (Å²) in [7, 11) is 0. The van der Waals surface area contributed by atoms with E-state index in [4.69, 9.17) is 0 Å². The van der Waals surface area contributed by atoms with E-state index < -0.39 is 0 Å². The monoisotopic (exact) mass is 261 g/mol. The molecule has 4 nitrogen and oxygen atoms in total. The highest BCUT2D eigenvalue weighted by Crippen LogP contribution is 2.26. The van der Waals surface area contributed by atoms with Crippen molar-refractivity contribution in [3.63, 3.8) is 0 Å². The number of carbonyl (C=O) groups is 1. The van der Waals surface area contributed by atoms with Crippen LogP contribution in [0.5, 0.6) is 0 Å². The van der Waals surface area contributed by atoms with E-state index in [0.717, 1.165) is 39.0 Å². The number of rotatable bonds is 7. The van der Waals surface area contributed by atoms with Crippen molar-refractivity contribution in [1.82, 2.24) is 10.6 Å². The van der Waals surface area contributed by atoms with Gasteiger partial charge in [0.25, 0.3) is 0 Å². The molecule has 0 atom stereocenters. The molecular weight excluding hydrogens is 238 g/mol. The van der Waals surface area contributed by atoms with Crippen LogP contribution < -0.4 is 15.5 Å². The predicted octanol–water partition coefficient (Wildman–Crippen LogP) is 1.16. The summed E-state index contributed by atoms with van der Waals surface area (Å²) in [5, 5.41) is 5.96. The van der Waals surface area contributed by atoms with Crippen LogP contribution in [0.15, 0.2) is 24.3 Å². The smallest absolute Gasteiger partial charge is 0.233 e. The largest absolute Gasteiger partial charge is 0.371 e. The lowest BCUT2D eigenvalue weighted by Crippen LogP contribution is -2.35. The predicted molar refractivity (Wildman–Crippen MR) is 78.5 cm³/mol. The van der Waals surface area contributed by atoms with Crippen molar-refractivity contribution < 1.29 is 4.79 Å². The maximum Gasteiger partial charge on any atom is 0.233 e. The summed E-state index contributed by atoms with van der Waals surface area (Å²) in [5.41, 5.74) is 2.81. The van der Waals surface area contributed by atoms with Crippen LogP contribution in [0.3, 0.4) is 0 Å². The number of hydrogen-bond acceptors (Lipinski definition) is 3.